The highest BCUT2D eigenvalue weighted by Crippen LogP contribution is 2.30. The molecule has 3 aromatic heterocycles. The summed E-state index contributed by atoms with van der Waals surface area (Å²) in [6.07, 6.45) is 5.77. The van der Waals surface area contributed by atoms with Gasteiger partial charge in [-0.3, -0.25) is 19.1 Å². The number of amides is 1. The van der Waals surface area contributed by atoms with Crippen molar-refractivity contribution in [2.24, 2.45) is 5.92 Å². The maximum atomic E-state index is 13.9. The lowest BCUT2D eigenvalue weighted by atomic mass is 10.0. The molecule has 140 valence electrons. The number of anilines is 1. The van der Waals surface area contributed by atoms with Crippen molar-refractivity contribution in [3.63, 3.8) is 0 Å². The summed E-state index contributed by atoms with van der Waals surface area (Å²) in [7, 11) is 0. The van der Waals surface area contributed by atoms with Crippen molar-refractivity contribution in [2.75, 3.05) is 5.32 Å². The molecule has 1 fully saturated rings. The van der Waals surface area contributed by atoms with Gasteiger partial charge in [0.15, 0.2) is 0 Å². The highest BCUT2D eigenvalue weighted by Gasteiger charge is 2.29. The molecule has 0 radical (unpaired) electrons. The van der Waals surface area contributed by atoms with Gasteiger partial charge in [0.2, 0.25) is 5.91 Å². The molecule has 0 unspecified atom stereocenters. The third kappa shape index (κ3) is 3.11. The average molecular weight is 377 g/mol. The Hall–Kier alpha value is -3.60. The summed E-state index contributed by atoms with van der Waals surface area (Å²) in [5.41, 5.74) is 0.943. The second kappa shape index (κ2) is 6.85. The third-order valence-electron chi connectivity index (χ3n) is 4.85. The molecule has 7 nitrogen and oxygen atoms in total. The number of hydrogen-bond donors (Lipinski definition) is 1. The molecular formula is C20H16FN5O2. The first kappa shape index (κ1) is 17.8. The van der Waals surface area contributed by atoms with Crippen molar-refractivity contribution < 1.29 is 9.18 Å². The summed E-state index contributed by atoms with van der Waals surface area (Å²) in [5, 5.41) is 12.5. The van der Waals surface area contributed by atoms with E-state index in [1.165, 1.54) is 17.0 Å². The summed E-state index contributed by atoms with van der Waals surface area (Å²) in [5.74, 6) is -0.268. The van der Waals surface area contributed by atoms with Gasteiger partial charge in [0.1, 0.15) is 18.2 Å². The van der Waals surface area contributed by atoms with E-state index in [4.69, 9.17) is 0 Å². The fourth-order valence-electron chi connectivity index (χ4n) is 3.11. The van der Waals surface area contributed by atoms with Crippen LogP contribution in [0.2, 0.25) is 0 Å². The Kier molecular flexibility index (Phi) is 4.35. The standard InChI is InChI=1S/C20H16FN5O2/c1-11-15(9-23-10-16(11)21)14-6-13-8-24-18(25-19(27)12-2-3-12)7-17(13)26(5-4-22)20(14)28/h6-10,12H,2-3,5H2,1H3,(H,24,25,27). The molecule has 1 saturated carbocycles. The summed E-state index contributed by atoms with van der Waals surface area (Å²) in [6, 6.07) is 5.16. The van der Waals surface area contributed by atoms with Crippen LogP contribution in [0.5, 0.6) is 0 Å². The molecule has 3 aromatic rings. The second-order valence-electron chi connectivity index (χ2n) is 6.79. The van der Waals surface area contributed by atoms with E-state index in [9.17, 15) is 19.2 Å². The van der Waals surface area contributed by atoms with Gasteiger partial charge in [0.25, 0.3) is 5.56 Å². The van der Waals surface area contributed by atoms with Gasteiger partial charge in [-0.2, -0.15) is 5.26 Å². The smallest absolute Gasteiger partial charge is 0.259 e. The highest BCUT2D eigenvalue weighted by atomic mass is 19.1. The lowest BCUT2D eigenvalue weighted by Crippen LogP contribution is -2.23. The van der Waals surface area contributed by atoms with Gasteiger partial charge in [-0.1, -0.05) is 0 Å². The first-order valence-electron chi connectivity index (χ1n) is 8.81. The Morgan fingerprint density at radius 2 is 2.11 bits per heavy atom. The van der Waals surface area contributed by atoms with Crippen molar-refractivity contribution >= 4 is 22.6 Å². The number of nitrogens with one attached hydrogen (secondary N) is 1. The molecule has 0 bridgehead atoms. The number of rotatable bonds is 4. The zero-order valence-electron chi connectivity index (χ0n) is 15.1. The number of aromatic nitrogens is 3. The predicted octanol–water partition coefficient (Wildman–Crippen LogP) is 2.78. The minimum absolute atomic E-state index is 0.0182. The molecule has 1 N–H and O–H groups in total. The number of halogens is 1. The fourth-order valence-corrected chi connectivity index (χ4v) is 3.11. The summed E-state index contributed by atoms with van der Waals surface area (Å²) in [6.45, 7) is 1.38. The molecule has 0 atom stereocenters. The van der Waals surface area contributed by atoms with E-state index in [0.29, 0.717) is 27.8 Å². The first-order chi connectivity index (χ1) is 13.5. The van der Waals surface area contributed by atoms with Crippen LogP contribution < -0.4 is 10.9 Å². The minimum atomic E-state index is -0.514. The highest BCUT2D eigenvalue weighted by molar-refractivity contribution is 5.95. The lowest BCUT2D eigenvalue weighted by Gasteiger charge is -2.13. The molecule has 0 aliphatic heterocycles. The molecule has 0 saturated heterocycles. The van der Waals surface area contributed by atoms with Crippen molar-refractivity contribution in [3.05, 3.63) is 52.5 Å². The number of pyridine rings is 3. The lowest BCUT2D eigenvalue weighted by molar-refractivity contribution is -0.117. The summed E-state index contributed by atoms with van der Waals surface area (Å²) < 4.78 is 15.2. The van der Waals surface area contributed by atoms with Crippen LogP contribution in [0.25, 0.3) is 22.0 Å². The Bertz CT molecular complexity index is 1210. The average Bonchev–Trinajstić information content (AvgIpc) is 3.52. The van der Waals surface area contributed by atoms with Crippen LogP contribution in [0.1, 0.15) is 18.4 Å². The number of hydrogen-bond acceptors (Lipinski definition) is 5. The van der Waals surface area contributed by atoms with Gasteiger partial charge in [0.05, 0.1) is 17.8 Å². The van der Waals surface area contributed by atoms with Crippen LogP contribution >= 0.6 is 0 Å². The van der Waals surface area contributed by atoms with E-state index in [1.807, 2.05) is 6.07 Å². The van der Waals surface area contributed by atoms with Gasteiger partial charge in [-0.25, -0.2) is 9.37 Å². The number of carbonyl (C=O) groups is 1. The van der Waals surface area contributed by atoms with Gasteiger partial charge in [0, 0.05) is 40.9 Å². The zero-order chi connectivity index (χ0) is 19.8. The maximum absolute atomic E-state index is 13.9. The molecule has 8 heteroatoms. The molecule has 1 amide bonds. The SMILES string of the molecule is Cc1c(F)cncc1-c1cc2cnc(NC(=O)C3CC3)cc2n(CC#N)c1=O. The Balaban J connectivity index is 1.89. The Morgan fingerprint density at radius 1 is 1.32 bits per heavy atom. The number of fused-ring (bicyclic) bond motifs is 1. The molecular weight excluding hydrogens is 361 g/mol. The summed E-state index contributed by atoms with van der Waals surface area (Å²) >= 11 is 0. The van der Waals surface area contributed by atoms with Crippen molar-refractivity contribution in [2.45, 2.75) is 26.3 Å². The summed E-state index contributed by atoms with van der Waals surface area (Å²) in [4.78, 5) is 33.1. The molecule has 3 heterocycles. The van der Waals surface area contributed by atoms with Gasteiger partial charge in [-0.05, 0) is 31.4 Å². The minimum Gasteiger partial charge on any atom is -0.310 e. The van der Waals surface area contributed by atoms with E-state index < -0.39 is 11.4 Å². The van der Waals surface area contributed by atoms with Crippen LogP contribution in [0, 0.1) is 30.0 Å². The van der Waals surface area contributed by atoms with E-state index in [1.54, 1.807) is 19.1 Å². The molecule has 0 spiro atoms. The van der Waals surface area contributed by atoms with E-state index >= 15 is 0 Å². The maximum Gasteiger partial charge on any atom is 0.259 e. The zero-order valence-corrected chi connectivity index (χ0v) is 15.1. The normalized spacial score (nSPS) is 13.3. The largest absolute Gasteiger partial charge is 0.310 e. The van der Waals surface area contributed by atoms with E-state index in [0.717, 1.165) is 19.0 Å². The van der Waals surface area contributed by atoms with Crippen LogP contribution in [-0.4, -0.2) is 20.4 Å². The Morgan fingerprint density at radius 3 is 2.82 bits per heavy atom. The van der Waals surface area contributed by atoms with Crippen LogP contribution in [-0.2, 0) is 11.3 Å². The fraction of sp³-hybridized carbons (Fsp3) is 0.250. The van der Waals surface area contributed by atoms with E-state index in [2.05, 4.69) is 15.3 Å². The monoisotopic (exact) mass is 377 g/mol. The van der Waals surface area contributed by atoms with Gasteiger partial charge < -0.3 is 5.32 Å². The Labute approximate surface area is 159 Å². The molecule has 1 aliphatic carbocycles. The topological polar surface area (TPSA) is 101 Å². The molecule has 4 rings (SSSR count). The van der Waals surface area contributed by atoms with Crippen molar-refractivity contribution in [1.82, 2.24) is 14.5 Å². The second-order valence-corrected chi connectivity index (χ2v) is 6.79. The van der Waals surface area contributed by atoms with Crippen LogP contribution in [0.3, 0.4) is 0 Å². The van der Waals surface area contributed by atoms with Crippen molar-refractivity contribution in [3.8, 4) is 17.2 Å². The predicted molar refractivity (Wildman–Crippen MR) is 101 cm³/mol. The molecule has 0 aromatic carbocycles. The van der Waals surface area contributed by atoms with Gasteiger partial charge in [-0.15, -0.1) is 0 Å². The van der Waals surface area contributed by atoms with Crippen LogP contribution in [0.15, 0.2) is 35.5 Å². The van der Waals surface area contributed by atoms with E-state index in [-0.39, 0.29) is 23.9 Å². The number of carbonyl (C=O) groups excluding carboxylic acids is 1. The van der Waals surface area contributed by atoms with Crippen molar-refractivity contribution in [1.29, 1.82) is 5.26 Å². The molecule has 28 heavy (non-hydrogen) atoms. The number of nitrogens with zero attached hydrogens (tertiary/aromatic N) is 4. The molecule has 1 aliphatic rings. The van der Waals surface area contributed by atoms with Gasteiger partial charge >= 0.3 is 0 Å². The number of nitriles is 1. The first-order valence-corrected chi connectivity index (χ1v) is 8.81. The van der Waals surface area contributed by atoms with Crippen LogP contribution in [0.4, 0.5) is 10.2 Å². The quantitative estimate of drug-likeness (QED) is 0.753. The third-order valence-corrected chi connectivity index (χ3v) is 4.85.